The van der Waals surface area contributed by atoms with Crippen LogP contribution >= 0.6 is 15.9 Å². The minimum atomic E-state index is -0.809. The Labute approximate surface area is 132 Å². The smallest absolute Gasteiger partial charge is 0.142 e. The van der Waals surface area contributed by atoms with Gasteiger partial charge in [-0.1, -0.05) is 0 Å². The molecule has 1 aromatic carbocycles. The highest BCUT2D eigenvalue weighted by molar-refractivity contribution is 9.10. The van der Waals surface area contributed by atoms with Crippen LogP contribution in [-0.4, -0.2) is 29.1 Å². The lowest BCUT2D eigenvalue weighted by Crippen LogP contribution is -2.06. The first-order chi connectivity index (χ1) is 9.92. The Kier molecular flexibility index (Phi) is 4.58. The molecule has 2 aromatic rings. The fourth-order valence-corrected chi connectivity index (χ4v) is 3.16. The molecule has 6 heteroatoms. The Morgan fingerprint density at radius 3 is 2.38 bits per heavy atom. The number of aliphatic hydroxyl groups excluding tert-OH is 1. The Hall–Kier alpha value is -1.53. The summed E-state index contributed by atoms with van der Waals surface area (Å²) >= 11 is 3.45. The van der Waals surface area contributed by atoms with Gasteiger partial charge in [0.05, 0.1) is 19.9 Å². The van der Waals surface area contributed by atoms with Crippen LogP contribution in [0.15, 0.2) is 16.6 Å². The maximum absolute atomic E-state index is 10.8. The molecule has 0 spiro atoms. The summed E-state index contributed by atoms with van der Waals surface area (Å²) in [6.45, 7) is 3.82. The molecule has 1 atom stereocenters. The van der Waals surface area contributed by atoms with Gasteiger partial charge < -0.3 is 14.6 Å². The molecule has 0 aliphatic carbocycles. The highest BCUT2D eigenvalue weighted by atomic mass is 79.9. The Morgan fingerprint density at radius 1 is 1.24 bits per heavy atom. The van der Waals surface area contributed by atoms with Crippen molar-refractivity contribution in [3.63, 3.8) is 0 Å². The van der Waals surface area contributed by atoms with Gasteiger partial charge in [0.15, 0.2) is 0 Å². The van der Waals surface area contributed by atoms with Crippen molar-refractivity contribution in [3.8, 4) is 11.5 Å². The fraction of sp³-hybridized carbons (Fsp3) is 0.400. The monoisotopic (exact) mass is 354 g/mol. The molecule has 0 amide bonds. The van der Waals surface area contributed by atoms with Gasteiger partial charge in [-0.05, 0) is 41.9 Å². The van der Waals surface area contributed by atoms with Crippen molar-refractivity contribution in [1.82, 2.24) is 9.78 Å². The normalized spacial score (nSPS) is 12.3. The summed E-state index contributed by atoms with van der Waals surface area (Å²) in [6, 6.07) is 3.60. The average Bonchev–Trinajstić information content (AvgIpc) is 2.71. The van der Waals surface area contributed by atoms with Crippen molar-refractivity contribution in [2.75, 3.05) is 14.2 Å². The number of benzene rings is 1. The van der Waals surface area contributed by atoms with Crippen molar-refractivity contribution >= 4 is 15.9 Å². The number of aromatic nitrogens is 2. The lowest BCUT2D eigenvalue weighted by molar-refractivity contribution is 0.212. The van der Waals surface area contributed by atoms with Crippen LogP contribution in [0.5, 0.6) is 11.5 Å². The zero-order valence-electron chi connectivity index (χ0n) is 12.8. The van der Waals surface area contributed by atoms with Crippen molar-refractivity contribution in [2.45, 2.75) is 20.0 Å². The number of aliphatic hydroxyl groups is 1. The first-order valence-electron chi connectivity index (χ1n) is 6.50. The number of hydrogen-bond donors (Lipinski definition) is 1. The van der Waals surface area contributed by atoms with Gasteiger partial charge in [0.25, 0.3) is 0 Å². The van der Waals surface area contributed by atoms with E-state index in [9.17, 15) is 5.11 Å². The molecule has 1 aromatic heterocycles. The van der Waals surface area contributed by atoms with Gasteiger partial charge in [-0.25, -0.2) is 0 Å². The predicted molar refractivity (Wildman–Crippen MR) is 84.0 cm³/mol. The van der Waals surface area contributed by atoms with E-state index in [0.717, 1.165) is 17.0 Å². The average molecular weight is 355 g/mol. The minimum absolute atomic E-state index is 0.560. The van der Waals surface area contributed by atoms with Gasteiger partial charge in [-0.15, -0.1) is 0 Å². The standard InChI is InChI=1S/C15H19BrN2O3/c1-8-12(9(2)18(3)17-8)14(19)10-6-7-11(20-4)13(16)15(10)21-5/h6-7,14,19H,1-5H3. The number of methoxy groups -OCH3 is 2. The second-order valence-electron chi connectivity index (χ2n) is 4.81. The van der Waals surface area contributed by atoms with Gasteiger partial charge in [-0.3, -0.25) is 4.68 Å². The molecule has 0 aliphatic rings. The van der Waals surface area contributed by atoms with Crippen LogP contribution in [0.1, 0.15) is 28.6 Å². The van der Waals surface area contributed by atoms with Crippen LogP contribution in [0, 0.1) is 13.8 Å². The van der Waals surface area contributed by atoms with E-state index in [-0.39, 0.29) is 0 Å². The van der Waals surface area contributed by atoms with Crippen molar-refractivity contribution in [2.24, 2.45) is 7.05 Å². The van der Waals surface area contributed by atoms with Gasteiger partial charge in [0.2, 0.25) is 0 Å². The van der Waals surface area contributed by atoms with Gasteiger partial charge in [0, 0.05) is 23.9 Å². The maximum Gasteiger partial charge on any atom is 0.142 e. The Morgan fingerprint density at radius 2 is 1.90 bits per heavy atom. The predicted octanol–water partition coefficient (Wildman–Crippen LogP) is 2.90. The zero-order chi connectivity index (χ0) is 15.7. The summed E-state index contributed by atoms with van der Waals surface area (Å²) in [6.07, 6.45) is -0.809. The third-order valence-electron chi connectivity index (χ3n) is 3.65. The first kappa shape index (κ1) is 15.9. The van der Waals surface area contributed by atoms with Crippen LogP contribution in [0.2, 0.25) is 0 Å². The number of nitrogens with zero attached hydrogens (tertiary/aromatic N) is 2. The Bertz CT molecular complexity index is 667. The summed E-state index contributed by atoms with van der Waals surface area (Å²) in [5.74, 6) is 1.21. The fourth-order valence-electron chi connectivity index (χ4n) is 2.47. The molecule has 0 saturated carbocycles. The van der Waals surface area contributed by atoms with Crippen LogP contribution in [0.4, 0.5) is 0 Å². The molecule has 0 radical (unpaired) electrons. The quantitative estimate of drug-likeness (QED) is 0.916. The van der Waals surface area contributed by atoms with E-state index in [2.05, 4.69) is 21.0 Å². The summed E-state index contributed by atoms with van der Waals surface area (Å²) in [4.78, 5) is 0. The number of halogens is 1. The maximum atomic E-state index is 10.8. The van der Waals surface area contributed by atoms with Crippen LogP contribution in [0.25, 0.3) is 0 Å². The lowest BCUT2D eigenvalue weighted by Gasteiger charge is -2.18. The molecule has 1 unspecified atom stereocenters. The largest absolute Gasteiger partial charge is 0.495 e. The van der Waals surface area contributed by atoms with E-state index in [4.69, 9.17) is 9.47 Å². The van der Waals surface area contributed by atoms with Crippen LogP contribution in [0.3, 0.4) is 0 Å². The molecule has 1 N–H and O–H groups in total. The molecule has 114 valence electrons. The third kappa shape index (κ3) is 2.65. The van der Waals surface area contributed by atoms with E-state index in [1.807, 2.05) is 20.9 Å². The number of aryl methyl sites for hydroxylation is 2. The highest BCUT2D eigenvalue weighted by Gasteiger charge is 2.24. The van der Waals surface area contributed by atoms with E-state index in [1.165, 1.54) is 0 Å². The van der Waals surface area contributed by atoms with Crippen LogP contribution < -0.4 is 9.47 Å². The molecular weight excluding hydrogens is 336 g/mol. The molecule has 1 heterocycles. The van der Waals surface area contributed by atoms with Crippen molar-refractivity contribution in [3.05, 3.63) is 39.1 Å². The van der Waals surface area contributed by atoms with E-state index >= 15 is 0 Å². The SMILES string of the molecule is COc1ccc(C(O)c2c(C)nn(C)c2C)c(OC)c1Br. The molecular formula is C15H19BrN2O3. The molecule has 21 heavy (non-hydrogen) atoms. The second-order valence-corrected chi connectivity index (χ2v) is 5.61. The topological polar surface area (TPSA) is 56.5 Å². The molecule has 0 bridgehead atoms. The molecule has 0 aliphatic heterocycles. The highest BCUT2D eigenvalue weighted by Crippen LogP contribution is 2.42. The van der Waals surface area contributed by atoms with E-state index in [1.54, 1.807) is 31.0 Å². The van der Waals surface area contributed by atoms with Gasteiger partial charge in [0.1, 0.15) is 22.1 Å². The molecule has 5 nitrogen and oxygen atoms in total. The second kappa shape index (κ2) is 6.07. The Balaban J connectivity index is 2.58. The summed E-state index contributed by atoms with van der Waals surface area (Å²) in [5.41, 5.74) is 3.20. The van der Waals surface area contributed by atoms with Crippen LogP contribution in [-0.2, 0) is 7.05 Å². The molecule has 0 fully saturated rings. The van der Waals surface area contributed by atoms with Crippen molar-refractivity contribution in [1.29, 1.82) is 0 Å². The summed E-state index contributed by atoms with van der Waals surface area (Å²) in [5, 5.41) is 15.1. The number of rotatable bonds is 4. The van der Waals surface area contributed by atoms with Gasteiger partial charge >= 0.3 is 0 Å². The minimum Gasteiger partial charge on any atom is -0.495 e. The first-order valence-corrected chi connectivity index (χ1v) is 7.30. The number of hydrogen-bond acceptors (Lipinski definition) is 4. The van der Waals surface area contributed by atoms with E-state index < -0.39 is 6.10 Å². The summed E-state index contributed by atoms with van der Waals surface area (Å²) < 4.78 is 13.1. The lowest BCUT2D eigenvalue weighted by atomic mass is 9.99. The molecule has 2 rings (SSSR count). The summed E-state index contributed by atoms with van der Waals surface area (Å²) in [7, 11) is 5.02. The van der Waals surface area contributed by atoms with Crippen molar-refractivity contribution < 1.29 is 14.6 Å². The molecule has 0 saturated heterocycles. The zero-order valence-corrected chi connectivity index (χ0v) is 14.4. The third-order valence-corrected chi connectivity index (χ3v) is 4.40. The van der Waals surface area contributed by atoms with Gasteiger partial charge in [-0.2, -0.15) is 5.10 Å². The number of ether oxygens (including phenoxy) is 2. The van der Waals surface area contributed by atoms with E-state index in [0.29, 0.717) is 21.5 Å².